The average molecular weight is 287 g/mol. The Morgan fingerprint density at radius 2 is 2.19 bits per heavy atom. The molecule has 3 atom stereocenters. The van der Waals surface area contributed by atoms with Crippen molar-refractivity contribution in [2.75, 3.05) is 26.0 Å². The lowest BCUT2D eigenvalue weighted by Crippen LogP contribution is -2.33. The van der Waals surface area contributed by atoms with E-state index in [-0.39, 0.29) is 5.91 Å². The fourth-order valence-corrected chi connectivity index (χ4v) is 4.18. The quantitative estimate of drug-likeness (QED) is 0.926. The molecule has 3 rings (SSSR count). The molecule has 2 aliphatic carbocycles. The molecule has 4 heteroatoms. The van der Waals surface area contributed by atoms with Crippen molar-refractivity contribution in [1.82, 2.24) is 9.88 Å². The predicted molar refractivity (Wildman–Crippen MR) is 84.4 cm³/mol. The summed E-state index contributed by atoms with van der Waals surface area (Å²) in [6, 6.07) is 3.72. The Morgan fingerprint density at radius 3 is 2.81 bits per heavy atom. The van der Waals surface area contributed by atoms with Crippen LogP contribution in [0.4, 0.5) is 5.82 Å². The van der Waals surface area contributed by atoms with E-state index in [2.05, 4.69) is 10.3 Å². The van der Waals surface area contributed by atoms with Gasteiger partial charge in [-0.2, -0.15) is 0 Å². The third-order valence-electron chi connectivity index (χ3n) is 5.20. The van der Waals surface area contributed by atoms with Gasteiger partial charge in [0.05, 0.1) is 0 Å². The second-order valence-corrected chi connectivity index (χ2v) is 6.75. The molecular formula is C17H25N3O. The number of pyridine rings is 1. The van der Waals surface area contributed by atoms with Crippen LogP contribution in [0.25, 0.3) is 0 Å². The molecule has 0 saturated heterocycles. The van der Waals surface area contributed by atoms with Gasteiger partial charge in [-0.15, -0.1) is 0 Å². The molecule has 2 bridgehead atoms. The molecule has 114 valence electrons. The summed E-state index contributed by atoms with van der Waals surface area (Å²) in [5.74, 6) is 3.37. The Morgan fingerprint density at radius 1 is 1.38 bits per heavy atom. The minimum absolute atomic E-state index is 0.111. The lowest BCUT2D eigenvalue weighted by Gasteiger charge is -2.27. The summed E-state index contributed by atoms with van der Waals surface area (Å²) < 4.78 is 0. The standard InChI is InChI=1S/C17H25N3O/c1-11-6-14(9-16(18-2)19-11)17(21)20(3)10-15-8-12-4-5-13(15)7-12/h6,9,12-13,15H,4-5,7-8,10H2,1-3H3,(H,18,19). The number of amides is 1. The van der Waals surface area contributed by atoms with E-state index < -0.39 is 0 Å². The van der Waals surface area contributed by atoms with Crippen LogP contribution in [0.15, 0.2) is 12.1 Å². The number of nitrogens with zero attached hydrogens (tertiary/aromatic N) is 2. The summed E-state index contributed by atoms with van der Waals surface area (Å²) in [6.07, 6.45) is 5.49. The van der Waals surface area contributed by atoms with Crippen LogP contribution < -0.4 is 5.32 Å². The second-order valence-electron chi connectivity index (χ2n) is 6.75. The van der Waals surface area contributed by atoms with Crippen LogP contribution >= 0.6 is 0 Å². The molecule has 2 saturated carbocycles. The van der Waals surface area contributed by atoms with Crippen LogP contribution in [0.5, 0.6) is 0 Å². The van der Waals surface area contributed by atoms with E-state index in [1.165, 1.54) is 25.7 Å². The molecule has 3 unspecified atom stereocenters. The molecule has 2 aliphatic rings. The van der Waals surface area contributed by atoms with E-state index in [1.54, 1.807) is 0 Å². The molecule has 1 aromatic rings. The fraction of sp³-hybridized carbons (Fsp3) is 0.647. The number of hydrogen-bond acceptors (Lipinski definition) is 3. The lowest BCUT2D eigenvalue weighted by atomic mass is 9.88. The molecular weight excluding hydrogens is 262 g/mol. The maximum Gasteiger partial charge on any atom is 0.253 e. The van der Waals surface area contributed by atoms with Gasteiger partial charge in [0, 0.05) is 31.9 Å². The van der Waals surface area contributed by atoms with E-state index >= 15 is 0 Å². The molecule has 21 heavy (non-hydrogen) atoms. The molecule has 0 aliphatic heterocycles. The number of aryl methyl sites for hydroxylation is 1. The maximum atomic E-state index is 12.6. The first-order chi connectivity index (χ1) is 10.1. The predicted octanol–water partition coefficient (Wildman–Crippen LogP) is 2.94. The van der Waals surface area contributed by atoms with Gasteiger partial charge >= 0.3 is 0 Å². The van der Waals surface area contributed by atoms with Crippen molar-refractivity contribution in [2.45, 2.75) is 32.6 Å². The van der Waals surface area contributed by atoms with Crippen molar-refractivity contribution in [3.8, 4) is 0 Å². The first-order valence-corrected chi connectivity index (χ1v) is 7.98. The van der Waals surface area contributed by atoms with Gasteiger partial charge in [-0.25, -0.2) is 4.98 Å². The number of aromatic nitrogens is 1. The molecule has 1 aromatic heterocycles. The Bertz CT molecular complexity index is 543. The summed E-state index contributed by atoms with van der Waals surface area (Å²) >= 11 is 0. The van der Waals surface area contributed by atoms with Crippen LogP contribution in [-0.4, -0.2) is 36.4 Å². The normalized spacial score (nSPS) is 26.9. The minimum Gasteiger partial charge on any atom is -0.373 e. The van der Waals surface area contributed by atoms with Gasteiger partial charge in [-0.3, -0.25) is 4.79 Å². The van der Waals surface area contributed by atoms with Gasteiger partial charge in [0.15, 0.2) is 0 Å². The monoisotopic (exact) mass is 287 g/mol. The van der Waals surface area contributed by atoms with Gasteiger partial charge in [0.1, 0.15) is 5.82 Å². The molecule has 4 nitrogen and oxygen atoms in total. The van der Waals surface area contributed by atoms with Crippen molar-refractivity contribution in [3.63, 3.8) is 0 Å². The number of carbonyl (C=O) groups is 1. The highest BCUT2D eigenvalue weighted by atomic mass is 16.2. The van der Waals surface area contributed by atoms with Crippen molar-refractivity contribution >= 4 is 11.7 Å². The number of carbonyl (C=O) groups excluding carboxylic acids is 1. The van der Waals surface area contributed by atoms with Gasteiger partial charge in [-0.1, -0.05) is 6.42 Å². The minimum atomic E-state index is 0.111. The van der Waals surface area contributed by atoms with E-state index in [0.717, 1.165) is 35.5 Å². The summed E-state index contributed by atoms with van der Waals surface area (Å²) in [5.41, 5.74) is 1.61. The van der Waals surface area contributed by atoms with Crippen LogP contribution in [-0.2, 0) is 0 Å². The molecule has 0 aromatic carbocycles. The number of nitrogens with one attached hydrogen (secondary N) is 1. The van der Waals surface area contributed by atoms with Gasteiger partial charge in [0.25, 0.3) is 5.91 Å². The third-order valence-corrected chi connectivity index (χ3v) is 5.20. The fourth-order valence-electron chi connectivity index (χ4n) is 4.18. The highest BCUT2D eigenvalue weighted by Crippen LogP contribution is 2.48. The Kier molecular flexibility index (Phi) is 3.87. The second kappa shape index (κ2) is 5.66. The SMILES string of the molecule is CNc1cc(C(=O)N(C)CC2CC3CCC2C3)cc(C)n1. The number of hydrogen-bond donors (Lipinski definition) is 1. The average Bonchev–Trinajstić information content (AvgIpc) is 3.08. The summed E-state index contributed by atoms with van der Waals surface area (Å²) in [4.78, 5) is 18.9. The van der Waals surface area contributed by atoms with Crippen molar-refractivity contribution in [1.29, 1.82) is 0 Å². The van der Waals surface area contributed by atoms with Gasteiger partial charge in [0.2, 0.25) is 0 Å². The van der Waals surface area contributed by atoms with Crippen LogP contribution in [0.1, 0.15) is 41.7 Å². The summed E-state index contributed by atoms with van der Waals surface area (Å²) in [5, 5.41) is 3.02. The zero-order valence-electron chi connectivity index (χ0n) is 13.2. The highest BCUT2D eigenvalue weighted by molar-refractivity contribution is 5.94. The Hall–Kier alpha value is -1.58. The topological polar surface area (TPSA) is 45.2 Å². The molecule has 2 fully saturated rings. The van der Waals surface area contributed by atoms with E-state index in [0.29, 0.717) is 5.92 Å². The Labute approximate surface area is 126 Å². The van der Waals surface area contributed by atoms with E-state index in [9.17, 15) is 4.79 Å². The van der Waals surface area contributed by atoms with Crippen molar-refractivity contribution in [2.24, 2.45) is 17.8 Å². The number of anilines is 1. The van der Waals surface area contributed by atoms with E-state index in [1.807, 2.05) is 38.1 Å². The van der Waals surface area contributed by atoms with Crippen LogP contribution in [0.2, 0.25) is 0 Å². The number of fused-ring (bicyclic) bond motifs is 2. The van der Waals surface area contributed by atoms with E-state index in [4.69, 9.17) is 0 Å². The lowest BCUT2D eigenvalue weighted by molar-refractivity contribution is 0.0754. The van der Waals surface area contributed by atoms with Gasteiger partial charge < -0.3 is 10.2 Å². The molecule has 1 amide bonds. The summed E-state index contributed by atoms with van der Waals surface area (Å²) in [6.45, 7) is 2.82. The zero-order valence-corrected chi connectivity index (χ0v) is 13.2. The molecule has 0 radical (unpaired) electrons. The first kappa shape index (κ1) is 14.4. The summed E-state index contributed by atoms with van der Waals surface area (Å²) in [7, 11) is 3.76. The molecule has 1 N–H and O–H groups in total. The first-order valence-electron chi connectivity index (χ1n) is 7.98. The van der Waals surface area contributed by atoms with Crippen molar-refractivity contribution < 1.29 is 4.79 Å². The van der Waals surface area contributed by atoms with Crippen molar-refractivity contribution in [3.05, 3.63) is 23.4 Å². The molecule has 0 spiro atoms. The van der Waals surface area contributed by atoms with Crippen LogP contribution in [0, 0.1) is 24.7 Å². The third kappa shape index (κ3) is 2.89. The number of rotatable bonds is 4. The molecule has 1 heterocycles. The Balaban J connectivity index is 1.68. The smallest absolute Gasteiger partial charge is 0.253 e. The highest BCUT2D eigenvalue weighted by Gasteiger charge is 2.40. The zero-order chi connectivity index (χ0) is 15.0. The van der Waals surface area contributed by atoms with Crippen LogP contribution in [0.3, 0.4) is 0 Å². The maximum absolute atomic E-state index is 12.6. The largest absolute Gasteiger partial charge is 0.373 e. The van der Waals surface area contributed by atoms with Gasteiger partial charge in [-0.05, 0) is 56.1 Å².